The van der Waals surface area contributed by atoms with Crippen LogP contribution in [0.4, 0.5) is 0 Å². The average Bonchev–Trinajstić information content (AvgIpc) is 2.45. The molecule has 2 aromatic rings. The van der Waals surface area contributed by atoms with Crippen LogP contribution in [0.5, 0.6) is 0 Å². The topological polar surface area (TPSA) is 0 Å². The molecule has 0 amide bonds. The van der Waals surface area contributed by atoms with E-state index in [4.69, 9.17) is 0 Å². The first kappa shape index (κ1) is 14.7. The molecule has 0 radical (unpaired) electrons. The molecule has 0 bridgehead atoms. The molecule has 0 fully saturated rings. The van der Waals surface area contributed by atoms with Gasteiger partial charge in [0.25, 0.3) is 0 Å². The zero-order valence-corrected chi connectivity index (χ0v) is 13.7. The molecule has 20 heavy (non-hydrogen) atoms. The molecule has 0 aromatic heterocycles. The van der Waals surface area contributed by atoms with Crippen LogP contribution < -0.4 is 0 Å². The van der Waals surface area contributed by atoms with Crippen LogP contribution in [0.2, 0.25) is 0 Å². The van der Waals surface area contributed by atoms with Crippen molar-refractivity contribution < 1.29 is 0 Å². The summed E-state index contributed by atoms with van der Waals surface area (Å²) in [6.45, 7) is 9.87. The first-order chi connectivity index (χ1) is 9.18. The second kappa shape index (κ2) is 6.55. The normalized spacial score (nSPS) is 10.1. The summed E-state index contributed by atoms with van der Waals surface area (Å²) < 4.78 is 0. The number of benzene rings is 2. The molecule has 0 unspecified atom stereocenters. The van der Waals surface area contributed by atoms with Gasteiger partial charge in [0.2, 0.25) is 0 Å². The summed E-state index contributed by atoms with van der Waals surface area (Å²) in [5.41, 5.74) is 5.36. The molecule has 2 aromatic carbocycles. The zero-order valence-electron chi connectivity index (χ0n) is 11.5. The Labute approximate surface area is 115 Å². The van der Waals surface area contributed by atoms with Gasteiger partial charge in [-0.05, 0) is 11.1 Å². The number of rotatable bonds is 4. The van der Waals surface area contributed by atoms with E-state index in [1.807, 2.05) is 43.3 Å². The molecule has 0 nitrogen and oxygen atoms in total. The third-order valence-electron chi connectivity index (χ3n) is 2.85. The van der Waals surface area contributed by atoms with Crippen LogP contribution in [0, 0.1) is 6.08 Å². The molecule has 0 atom stereocenters. The third-order valence-corrected chi connectivity index (χ3v) is 2.85. The second-order valence-corrected chi connectivity index (χ2v) is 4.51. The molecule has 0 aliphatic rings. The van der Waals surface area contributed by atoms with E-state index in [0.717, 1.165) is 16.7 Å². The van der Waals surface area contributed by atoms with E-state index >= 15 is 0 Å². The first-order valence-corrected chi connectivity index (χ1v) is 6.27. The fourth-order valence-electron chi connectivity index (χ4n) is 1.92. The van der Waals surface area contributed by atoms with Gasteiger partial charge < -0.3 is 0 Å². The maximum atomic E-state index is 4.12. The van der Waals surface area contributed by atoms with Crippen LogP contribution in [0.25, 0.3) is 16.7 Å². The smallest absolute Gasteiger partial charge is 0 e. The molecule has 0 heterocycles. The fraction of sp³-hybridized carbons (Fsp3) is 0.0526. The quantitative estimate of drug-likeness (QED) is 0.392. The number of allylic oxidation sites excluding steroid dienone is 4. The molecule has 108 valence electrons. The summed E-state index contributed by atoms with van der Waals surface area (Å²) in [5, 5.41) is 0. The van der Waals surface area contributed by atoms with Gasteiger partial charge in [-0.2, -0.15) is 24.3 Å². The summed E-state index contributed by atoms with van der Waals surface area (Å²) >= 11 is 0. The van der Waals surface area contributed by atoms with Gasteiger partial charge in [0.05, 0.1) is 0 Å². The Morgan fingerprint density at radius 1 is 0.950 bits per heavy atom. The Hall–Kier alpha value is -3.34. The molecular weight excluding hydrogens is 487 g/mol. The minimum atomic E-state index is 0. The van der Waals surface area contributed by atoms with Gasteiger partial charge in [0, 0.05) is 0 Å². The van der Waals surface area contributed by atoms with Crippen molar-refractivity contribution in [2.45, 2.75) is 6.92 Å². The Bertz CT molecular complexity index is 621. The van der Waals surface area contributed by atoms with E-state index in [0.29, 0.717) is 0 Å². The van der Waals surface area contributed by atoms with Gasteiger partial charge >= 0.3 is 0 Å². The largest absolute Gasteiger partial charge is 0.191 e. The van der Waals surface area contributed by atoms with Crippen LogP contribution in [0.1, 0.15) is 12.5 Å². The van der Waals surface area contributed by atoms with Crippen molar-refractivity contribution in [3.63, 3.8) is 0 Å². The van der Waals surface area contributed by atoms with Crippen molar-refractivity contribution in [3.05, 3.63) is 91.0 Å². The maximum Gasteiger partial charge on any atom is 0 e. The van der Waals surface area contributed by atoms with Gasteiger partial charge in [-0.15, -0.1) is 12.2 Å². The molecule has 0 N–H and O–H groups in total. The second-order valence-electron chi connectivity index (χ2n) is 4.51. The van der Waals surface area contributed by atoms with E-state index < -0.39 is 0 Å². The van der Waals surface area contributed by atoms with E-state index in [2.05, 4.69) is 43.5 Å². The van der Waals surface area contributed by atoms with Crippen molar-refractivity contribution in [1.82, 2.24) is 0 Å². The summed E-state index contributed by atoms with van der Waals surface area (Å²) in [6.07, 6.45) is 5.00. The van der Waals surface area contributed by atoms with E-state index in [9.17, 15) is 0 Å². The molecule has 0 aliphatic heterocycles. The van der Waals surface area contributed by atoms with E-state index in [-0.39, 0.29) is 0 Å². The van der Waals surface area contributed by atoms with Crippen LogP contribution in [0.15, 0.2) is 79.4 Å². The maximum absolute atomic E-state index is 4.12. The molecular formula is C19H17No-. The van der Waals surface area contributed by atoms with Crippen molar-refractivity contribution in [3.8, 4) is 11.1 Å². The van der Waals surface area contributed by atoms with Gasteiger partial charge in [-0.25, -0.2) is 0 Å². The third kappa shape index (κ3) is 3.33. The molecule has 2 rings (SSSR count). The minimum absolute atomic E-state index is 0. The molecule has 0 spiro atoms. The number of hydrogen-bond donors (Lipinski definition) is 0. The Morgan fingerprint density at radius 3 is 2.20 bits per heavy atom. The van der Waals surface area contributed by atoms with Crippen molar-refractivity contribution in [2.24, 2.45) is 0 Å². The van der Waals surface area contributed by atoms with Crippen molar-refractivity contribution >= 4 is 5.57 Å². The van der Waals surface area contributed by atoms with Crippen LogP contribution in [-0.2, 0) is 0 Å². The predicted octanol–water partition coefficient (Wildman–Crippen LogP) is 5.30. The Balaban J connectivity index is 0.00000200. The summed E-state index contributed by atoms with van der Waals surface area (Å²) in [4.78, 5) is 0. The SMILES string of the molecule is C=C(C)[C-]=CC(=C)c1ccccc1-c1ccccc1.[No]. The molecule has 0 saturated carbocycles. The van der Waals surface area contributed by atoms with Gasteiger partial charge in [-0.1, -0.05) is 67.1 Å². The fourth-order valence-corrected chi connectivity index (χ4v) is 1.92. The van der Waals surface area contributed by atoms with E-state index in [1.54, 1.807) is 0 Å². The monoisotopic (exact) mass is 504 g/mol. The van der Waals surface area contributed by atoms with Gasteiger partial charge in [0.1, 0.15) is 0 Å². The van der Waals surface area contributed by atoms with Crippen LogP contribution in [-0.4, -0.2) is 0 Å². The molecule has 0 saturated heterocycles. The summed E-state index contributed by atoms with van der Waals surface area (Å²) in [5.74, 6) is 0. The predicted molar refractivity (Wildman–Crippen MR) is 83.5 cm³/mol. The van der Waals surface area contributed by atoms with Gasteiger partial charge in [0.15, 0.2) is 0 Å². The standard InChI is InChI=1S/C19H17.No/c1-15(2)13-14-16(3)18-11-7-8-12-19(18)17-9-5-4-6-10-17;/h4-12,14H,1,3H2,2H3;/q-1;. The minimum Gasteiger partial charge on any atom is -0.191 e. The number of hydrogen-bond acceptors (Lipinski definition) is 0. The van der Waals surface area contributed by atoms with Crippen molar-refractivity contribution in [2.75, 3.05) is 0 Å². The van der Waals surface area contributed by atoms with Crippen LogP contribution >= 0.6 is 0 Å². The summed E-state index contributed by atoms with van der Waals surface area (Å²) in [6, 6.07) is 18.6. The van der Waals surface area contributed by atoms with Crippen molar-refractivity contribution in [1.29, 1.82) is 0 Å². The molecule has 1 heteroatoms. The zero-order chi connectivity index (χ0) is 13.7. The molecule has 0 aliphatic carbocycles. The first-order valence-electron chi connectivity index (χ1n) is 6.27. The van der Waals surface area contributed by atoms with Gasteiger partial charge in [-0.3, -0.25) is 0 Å². The Morgan fingerprint density at radius 2 is 1.55 bits per heavy atom. The average molecular weight is 504 g/mol. The van der Waals surface area contributed by atoms with Crippen LogP contribution in [0.3, 0.4) is 0 Å². The van der Waals surface area contributed by atoms with E-state index in [1.165, 1.54) is 11.1 Å². The Kier molecular flexibility index (Phi) is 4.82. The summed E-state index contributed by atoms with van der Waals surface area (Å²) in [7, 11) is 0.